The summed E-state index contributed by atoms with van der Waals surface area (Å²) in [6.07, 6.45) is 0. The summed E-state index contributed by atoms with van der Waals surface area (Å²) in [6.45, 7) is 2.03. The van der Waals surface area contributed by atoms with Crippen LogP contribution in [0, 0.1) is 6.92 Å². The highest BCUT2D eigenvalue weighted by molar-refractivity contribution is 8.01. The van der Waals surface area contributed by atoms with Gasteiger partial charge in [-0.05, 0) is 41.7 Å². The SMILES string of the molecule is Cc1ccc(NC(=O)c2c(SCc3ccccc3)nsc2SCc2ccccc2)cc1. The molecule has 0 radical (unpaired) electrons. The number of nitrogens with zero attached hydrogens (tertiary/aromatic N) is 1. The Labute approximate surface area is 195 Å². The predicted octanol–water partition coefficient (Wildman–Crippen LogP) is 7.29. The van der Waals surface area contributed by atoms with E-state index in [1.807, 2.05) is 67.6 Å². The van der Waals surface area contributed by atoms with E-state index in [4.69, 9.17) is 0 Å². The van der Waals surface area contributed by atoms with Crippen LogP contribution < -0.4 is 5.32 Å². The quantitative estimate of drug-likeness (QED) is 0.279. The highest BCUT2D eigenvalue weighted by Crippen LogP contribution is 2.37. The van der Waals surface area contributed by atoms with E-state index >= 15 is 0 Å². The molecule has 6 heteroatoms. The molecule has 4 aromatic rings. The Morgan fingerprint density at radius 2 is 1.42 bits per heavy atom. The Morgan fingerprint density at radius 3 is 2.03 bits per heavy atom. The summed E-state index contributed by atoms with van der Waals surface area (Å²) < 4.78 is 5.59. The lowest BCUT2D eigenvalue weighted by Gasteiger charge is -2.08. The van der Waals surface area contributed by atoms with E-state index in [9.17, 15) is 4.79 Å². The van der Waals surface area contributed by atoms with Gasteiger partial charge in [0.1, 0.15) is 5.03 Å². The van der Waals surface area contributed by atoms with Crippen molar-refractivity contribution in [2.24, 2.45) is 0 Å². The topological polar surface area (TPSA) is 42.0 Å². The van der Waals surface area contributed by atoms with Crippen molar-refractivity contribution in [3.63, 3.8) is 0 Å². The maximum Gasteiger partial charge on any atom is 0.260 e. The van der Waals surface area contributed by atoms with E-state index < -0.39 is 0 Å². The number of anilines is 1. The van der Waals surface area contributed by atoms with Gasteiger partial charge in [0, 0.05) is 17.2 Å². The van der Waals surface area contributed by atoms with Crippen LogP contribution in [0.5, 0.6) is 0 Å². The van der Waals surface area contributed by atoms with Gasteiger partial charge in [-0.15, -0.1) is 11.8 Å². The first kappa shape index (κ1) is 21.7. The summed E-state index contributed by atoms with van der Waals surface area (Å²) in [6, 6.07) is 28.4. The minimum absolute atomic E-state index is 0.108. The fourth-order valence-electron chi connectivity index (χ4n) is 2.93. The van der Waals surface area contributed by atoms with Gasteiger partial charge in [0.25, 0.3) is 5.91 Å². The summed E-state index contributed by atoms with van der Waals surface area (Å²) in [5.41, 5.74) is 5.06. The van der Waals surface area contributed by atoms with Crippen molar-refractivity contribution >= 4 is 46.7 Å². The van der Waals surface area contributed by atoms with Gasteiger partial charge in [-0.1, -0.05) is 90.1 Å². The summed E-state index contributed by atoms with van der Waals surface area (Å²) in [5, 5.41) is 3.84. The smallest absolute Gasteiger partial charge is 0.260 e. The molecule has 1 heterocycles. The molecule has 0 fully saturated rings. The number of hydrogen-bond donors (Lipinski definition) is 1. The summed E-state index contributed by atoms with van der Waals surface area (Å²) in [5.74, 6) is 1.47. The first-order valence-electron chi connectivity index (χ1n) is 9.90. The number of thioether (sulfide) groups is 2. The van der Waals surface area contributed by atoms with Gasteiger partial charge in [-0.2, -0.15) is 4.37 Å². The maximum absolute atomic E-state index is 13.3. The standard InChI is InChI=1S/C25H22N2OS3/c1-18-12-14-21(15-13-18)26-23(28)22-24(29-16-19-8-4-2-5-9-19)27-31-25(22)30-17-20-10-6-3-7-11-20/h2-15H,16-17H2,1H3,(H,26,28). The lowest BCUT2D eigenvalue weighted by atomic mass is 10.2. The zero-order valence-corrected chi connectivity index (χ0v) is 19.5. The Bertz CT molecular complexity index is 1070. The van der Waals surface area contributed by atoms with Crippen LogP contribution in [0.2, 0.25) is 0 Å². The first-order valence-corrected chi connectivity index (χ1v) is 12.6. The monoisotopic (exact) mass is 462 g/mol. The average Bonchev–Trinajstić information content (AvgIpc) is 3.22. The number of benzene rings is 3. The molecule has 0 aliphatic rings. The second-order valence-corrected chi connectivity index (χ2v) is 10.0. The highest BCUT2D eigenvalue weighted by atomic mass is 32.2. The van der Waals surface area contributed by atoms with Gasteiger partial charge in [-0.3, -0.25) is 4.79 Å². The molecule has 3 nitrogen and oxygen atoms in total. The van der Waals surface area contributed by atoms with Crippen LogP contribution in [0.1, 0.15) is 27.0 Å². The third kappa shape index (κ3) is 6.00. The van der Waals surface area contributed by atoms with Crippen molar-refractivity contribution in [1.82, 2.24) is 4.37 Å². The minimum Gasteiger partial charge on any atom is -0.322 e. The average molecular weight is 463 g/mol. The molecule has 1 N–H and O–H groups in total. The fraction of sp³-hybridized carbons (Fsp3) is 0.120. The van der Waals surface area contributed by atoms with Crippen molar-refractivity contribution in [2.75, 3.05) is 5.32 Å². The van der Waals surface area contributed by atoms with Gasteiger partial charge in [0.05, 0.1) is 9.77 Å². The minimum atomic E-state index is -0.108. The molecule has 1 aromatic heterocycles. The van der Waals surface area contributed by atoms with Crippen molar-refractivity contribution in [3.8, 4) is 0 Å². The maximum atomic E-state index is 13.3. The van der Waals surface area contributed by atoms with Crippen LogP contribution in [0.25, 0.3) is 0 Å². The second-order valence-electron chi connectivity index (χ2n) is 7.02. The number of amides is 1. The molecule has 31 heavy (non-hydrogen) atoms. The molecular weight excluding hydrogens is 440 g/mol. The molecule has 0 saturated heterocycles. The number of carbonyl (C=O) groups excluding carboxylic acids is 1. The molecule has 0 aliphatic carbocycles. The number of nitrogens with one attached hydrogen (secondary N) is 1. The van der Waals surface area contributed by atoms with Gasteiger partial charge < -0.3 is 5.32 Å². The van der Waals surface area contributed by atoms with Crippen LogP contribution >= 0.6 is 35.1 Å². The first-order chi connectivity index (χ1) is 15.2. The molecule has 0 spiro atoms. The number of aryl methyl sites for hydroxylation is 1. The molecule has 4 rings (SSSR count). The normalized spacial score (nSPS) is 10.7. The number of rotatable bonds is 8. The fourth-order valence-corrected chi connectivity index (χ4v) is 6.08. The Kier molecular flexibility index (Phi) is 7.46. The van der Waals surface area contributed by atoms with Crippen molar-refractivity contribution in [2.45, 2.75) is 27.7 Å². The predicted molar refractivity (Wildman–Crippen MR) is 133 cm³/mol. The van der Waals surface area contributed by atoms with E-state index in [0.717, 1.165) is 32.0 Å². The van der Waals surface area contributed by atoms with Crippen LogP contribution in [0.3, 0.4) is 0 Å². The van der Waals surface area contributed by atoms with Gasteiger partial charge in [-0.25, -0.2) is 0 Å². The Morgan fingerprint density at radius 1 is 0.839 bits per heavy atom. The third-order valence-corrected chi connectivity index (χ3v) is 7.92. The summed E-state index contributed by atoms with van der Waals surface area (Å²) in [7, 11) is 0. The molecule has 0 saturated carbocycles. The van der Waals surface area contributed by atoms with Gasteiger partial charge in [0.15, 0.2) is 0 Å². The summed E-state index contributed by atoms with van der Waals surface area (Å²) in [4.78, 5) is 13.3. The molecular formula is C25H22N2OS3. The Hall–Kier alpha value is -2.54. The van der Waals surface area contributed by atoms with Crippen LogP contribution in [0.15, 0.2) is 94.2 Å². The molecule has 3 aromatic carbocycles. The highest BCUT2D eigenvalue weighted by Gasteiger charge is 2.22. The molecule has 0 unspecified atom stereocenters. The number of carbonyl (C=O) groups is 1. The molecule has 1 amide bonds. The van der Waals surface area contributed by atoms with Crippen LogP contribution in [0.4, 0.5) is 5.69 Å². The van der Waals surface area contributed by atoms with E-state index in [-0.39, 0.29) is 5.91 Å². The molecule has 156 valence electrons. The van der Waals surface area contributed by atoms with Crippen molar-refractivity contribution in [3.05, 3.63) is 107 Å². The van der Waals surface area contributed by atoms with E-state index in [0.29, 0.717) is 5.56 Å². The number of aromatic nitrogens is 1. The van der Waals surface area contributed by atoms with Crippen molar-refractivity contribution < 1.29 is 4.79 Å². The van der Waals surface area contributed by atoms with Crippen LogP contribution in [-0.4, -0.2) is 10.3 Å². The van der Waals surface area contributed by atoms with Crippen LogP contribution in [-0.2, 0) is 11.5 Å². The lowest BCUT2D eigenvalue weighted by molar-refractivity contribution is 0.102. The number of hydrogen-bond acceptors (Lipinski definition) is 5. The van der Waals surface area contributed by atoms with E-state index in [1.165, 1.54) is 22.7 Å². The van der Waals surface area contributed by atoms with Gasteiger partial charge >= 0.3 is 0 Å². The zero-order chi connectivity index (χ0) is 21.5. The van der Waals surface area contributed by atoms with E-state index in [2.05, 4.69) is 34.0 Å². The summed E-state index contributed by atoms with van der Waals surface area (Å²) >= 11 is 4.68. The second kappa shape index (κ2) is 10.7. The lowest BCUT2D eigenvalue weighted by Crippen LogP contribution is -2.13. The molecule has 0 bridgehead atoms. The van der Waals surface area contributed by atoms with Crippen molar-refractivity contribution in [1.29, 1.82) is 0 Å². The van der Waals surface area contributed by atoms with Gasteiger partial charge in [0.2, 0.25) is 0 Å². The van der Waals surface area contributed by atoms with E-state index in [1.54, 1.807) is 23.5 Å². The molecule has 0 aliphatic heterocycles. The third-order valence-electron chi connectivity index (χ3n) is 4.60. The molecule has 0 atom stereocenters. The largest absolute Gasteiger partial charge is 0.322 e. The zero-order valence-electron chi connectivity index (χ0n) is 17.1. The Balaban J connectivity index is 1.55.